The highest BCUT2D eigenvalue weighted by Gasteiger charge is 2.22. The highest BCUT2D eigenvalue weighted by molar-refractivity contribution is 5.93. The summed E-state index contributed by atoms with van der Waals surface area (Å²) in [6.07, 6.45) is -2.73. The molecule has 0 aliphatic rings. The van der Waals surface area contributed by atoms with E-state index in [0.29, 0.717) is 16.9 Å². The number of hydrogen-bond donors (Lipinski definition) is 0. The molecule has 2 aromatic heterocycles. The van der Waals surface area contributed by atoms with Crippen molar-refractivity contribution < 1.29 is 17.6 Å². The summed E-state index contributed by atoms with van der Waals surface area (Å²) >= 11 is 0. The van der Waals surface area contributed by atoms with Crippen molar-refractivity contribution in [2.75, 3.05) is 11.4 Å². The van der Waals surface area contributed by atoms with Gasteiger partial charge in [0.25, 0.3) is 12.2 Å². The molecule has 4 rings (SSSR count). The van der Waals surface area contributed by atoms with Crippen molar-refractivity contribution in [2.45, 2.75) is 20.3 Å². The summed E-state index contributed by atoms with van der Waals surface area (Å²) in [6, 6.07) is 7.98. The summed E-state index contributed by atoms with van der Waals surface area (Å²) in [5.41, 5.74) is 1.26. The van der Waals surface area contributed by atoms with Crippen LogP contribution in [-0.4, -0.2) is 32.6 Å². The van der Waals surface area contributed by atoms with Gasteiger partial charge in [-0.3, -0.25) is 4.40 Å². The molecule has 9 heteroatoms. The van der Waals surface area contributed by atoms with E-state index in [-0.39, 0.29) is 22.7 Å². The second kappa shape index (κ2) is 6.74. The van der Waals surface area contributed by atoms with Gasteiger partial charge in [0.2, 0.25) is 0 Å². The van der Waals surface area contributed by atoms with Crippen molar-refractivity contribution in [3.63, 3.8) is 0 Å². The van der Waals surface area contributed by atoms with Crippen molar-refractivity contribution in [1.29, 1.82) is 0 Å². The second-order valence-corrected chi connectivity index (χ2v) is 6.47. The first-order valence-electron chi connectivity index (χ1n) is 8.47. The molecule has 0 bridgehead atoms. The lowest BCUT2D eigenvalue weighted by molar-refractivity contribution is 0.158. The lowest BCUT2D eigenvalue weighted by Gasteiger charge is -2.25. The quantitative estimate of drug-likeness (QED) is 0.480. The molecular formula is C19H15F4N5. The third-order valence-corrected chi connectivity index (χ3v) is 4.37. The van der Waals surface area contributed by atoms with E-state index in [2.05, 4.69) is 15.2 Å². The number of fused-ring (bicyclic) bond motifs is 3. The Morgan fingerprint density at radius 1 is 1.00 bits per heavy atom. The van der Waals surface area contributed by atoms with E-state index in [1.807, 2.05) is 0 Å². The van der Waals surface area contributed by atoms with Gasteiger partial charge in [0.15, 0.2) is 0 Å². The van der Waals surface area contributed by atoms with Crippen molar-refractivity contribution in [3.05, 3.63) is 59.4 Å². The average Bonchev–Trinajstić information content (AvgIpc) is 2.99. The predicted octanol–water partition coefficient (Wildman–Crippen LogP) is 4.58. The Balaban J connectivity index is 2.05. The zero-order valence-corrected chi connectivity index (χ0v) is 15.0. The van der Waals surface area contributed by atoms with Gasteiger partial charge in [0.1, 0.15) is 23.3 Å². The fourth-order valence-electron chi connectivity index (χ4n) is 3.27. The number of halogens is 4. The van der Waals surface area contributed by atoms with Crippen LogP contribution in [0, 0.1) is 25.5 Å². The SMILES string of the molecule is Cc1cc(F)cc(N(CC(F)F)c2nc3nnc(C)n3c3ccc(F)cc23)c1. The number of aryl methyl sites for hydroxylation is 2. The van der Waals surface area contributed by atoms with Gasteiger partial charge in [0, 0.05) is 11.1 Å². The van der Waals surface area contributed by atoms with Crippen LogP contribution in [0.15, 0.2) is 36.4 Å². The fourth-order valence-corrected chi connectivity index (χ4v) is 3.27. The molecule has 4 aromatic rings. The summed E-state index contributed by atoms with van der Waals surface area (Å²) in [7, 11) is 0. The van der Waals surface area contributed by atoms with E-state index in [9.17, 15) is 17.6 Å². The van der Waals surface area contributed by atoms with E-state index in [1.165, 1.54) is 29.2 Å². The smallest absolute Gasteiger partial charge is 0.257 e. The molecule has 0 fully saturated rings. The predicted molar refractivity (Wildman–Crippen MR) is 97.1 cm³/mol. The Kier molecular flexibility index (Phi) is 4.37. The topological polar surface area (TPSA) is 46.3 Å². The third-order valence-electron chi connectivity index (χ3n) is 4.37. The largest absolute Gasteiger partial charge is 0.320 e. The molecule has 0 aliphatic heterocycles. The first-order valence-corrected chi connectivity index (χ1v) is 8.47. The zero-order valence-electron chi connectivity index (χ0n) is 15.0. The van der Waals surface area contributed by atoms with E-state index < -0.39 is 24.6 Å². The minimum absolute atomic E-state index is 0.0553. The molecule has 0 N–H and O–H groups in total. The Morgan fingerprint density at radius 3 is 2.50 bits per heavy atom. The molecule has 0 amide bonds. The summed E-state index contributed by atoms with van der Waals surface area (Å²) in [6.45, 7) is 2.62. The summed E-state index contributed by atoms with van der Waals surface area (Å²) < 4.78 is 56.3. The molecule has 0 saturated heterocycles. The Labute approximate surface area is 157 Å². The molecule has 144 valence electrons. The van der Waals surface area contributed by atoms with Gasteiger partial charge in [-0.15, -0.1) is 10.2 Å². The highest BCUT2D eigenvalue weighted by atomic mass is 19.3. The molecule has 5 nitrogen and oxygen atoms in total. The van der Waals surface area contributed by atoms with E-state index in [1.54, 1.807) is 24.3 Å². The first-order chi connectivity index (χ1) is 13.3. The van der Waals surface area contributed by atoms with Crippen LogP contribution in [0.4, 0.5) is 29.1 Å². The van der Waals surface area contributed by atoms with Crippen molar-refractivity contribution in [1.82, 2.24) is 19.6 Å². The van der Waals surface area contributed by atoms with Gasteiger partial charge in [-0.05, 0) is 55.8 Å². The second-order valence-electron chi connectivity index (χ2n) is 6.47. The van der Waals surface area contributed by atoms with Gasteiger partial charge in [-0.25, -0.2) is 17.6 Å². The zero-order chi connectivity index (χ0) is 20.0. The Hall–Kier alpha value is -3.23. The van der Waals surface area contributed by atoms with Gasteiger partial charge < -0.3 is 4.90 Å². The molecule has 0 saturated carbocycles. The molecule has 0 aliphatic carbocycles. The number of aromatic nitrogens is 4. The number of benzene rings is 2. The van der Waals surface area contributed by atoms with Crippen LogP contribution in [0.5, 0.6) is 0 Å². The number of rotatable bonds is 4. The number of alkyl halides is 2. The molecule has 0 atom stereocenters. The van der Waals surface area contributed by atoms with Gasteiger partial charge in [0.05, 0.1) is 12.1 Å². The number of nitrogens with zero attached hydrogens (tertiary/aromatic N) is 5. The number of anilines is 2. The Bertz CT molecular complexity index is 1170. The molecule has 28 heavy (non-hydrogen) atoms. The molecule has 0 spiro atoms. The van der Waals surface area contributed by atoms with Crippen molar-refractivity contribution in [3.8, 4) is 0 Å². The lowest BCUT2D eigenvalue weighted by Crippen LogP contribution is -2.25. The van der Waals surface area contributed by atoms with E-state index >= 15 is 0 Å². The molecule has 2 aromatic carbocycles. The highest BCUT2D eigenvalue weighted by Crippen LogP contribution is 2.33. The van der Waals surface area contributed by atoms with Crippen molar-refractivity contribution in [2.24, 2.45) is 0 Å². The lowest BCUT2D eigenvalue weighted by atomic mass is 10.1. The minimum Gasteiger partial charge on any atom is -0.320 e. The standard InChI is InChI=1S/C19H15F4N5/c1-10-5-13(21)7-14(6-10)27(9-17(22)23)18-15-8-12(20)3-4-16(15)28-11(2)25-26-19(28)24-18/h3-8,17H,9H2,1-2H3. The van der Waals surface area contributed by atoms with Gasteiger partial charge >= 0.3 is 0 Å². The molecule has 0 radical (unpaired) electrons. The monoisotopic (exact) mass is 389 g/mol. The van der Waals surface area contributed by atoms with Gasteiger partial charge in [-0.2, -0.15) is 4.98 Å². The average molecular weight is 389 g/mol. The maximum Gasteiger partial charge on any atom is 0.257 e. The third kappa shape index (κ3) is 3.12. The molecule has 0 unspecified atom stereocenters. The summed E-state index contributed by atoms with van der Waals surface area (Å²) in [5.74, 6) is -0.358. The molecule has 2 heterocycles. The van der Waals surface area contributed by atoms with Crippen LogP contribution < -0.4 is 4.90 Å². The maximum atomic E-state index is 14.0. The van der Waals surface area contributed by atoms with Crippen LogP contribution in [0.25, 0.3) is 16.7 Å². The summed E-state index contributed by atoms with van der Waals surface area (Å²) in [5, 5.41) is 8.21. The van der Waals surface area contributed by atoms with Crippen molar-refractivity contribution >= 4 is 28.2 Å². The molecular weight excluding hydrogens is 374 g/mol. The van der Waals surface area contributed by atoms with E-state index in [4.69, 9.17) is 0 Å². The Morgan fingerprint density at radius 2 is 1.79 bits per heavy atom. The van der Waals surface area contributed by atoms with Crippen LogP contribution in [0.3, 0.4) is 0 Å². The van der Waals surface area contributed by atoms with E-state index in [0.717, 1.165) is 6.07 Å². The van der Waals surface area contributed by atoms with Gasteiger partial charge in [-0.1, -0.05) is 0 Å². The first kappa shape index (κ1) is 18.1. The maximum absolute atomic E-state index is 14.0. The van der Waals surface area contributed by atoms with Crippen LogP contribution in [0.2, 0.25) is 0 Å². The minimum atomic E-state index is -2.73. The van der Waals surface area contributed by atoms with Crippen LogP contribution in [-0.2, 0) is 0 Å². The number of hydrogen-bond acceptors (Lipinski definition) is 4. The normalized spacial score (nSPS) is 11.7. The van der Waals surface area contributed by atoms with Crippen LogP contribution >= 0.6 is 0 Å². The summed E-state index contributed by atoms with van der Waals surface area (Å²) in [4.78, 5) is 5.52. The van der Waals surface area contributed by atoms with Crippen LogP contribution in [0.1, 0.15) is 11.4 Å². The fraction of sp³-hybridized carbons (Fsp3) is 0.211.